The summed E-state index contributed by atoms with van der Waals surface area (Å²) in [4.78, 5) is 0. The van der Waals surface area contributed by atoms with Crippen LogP contribution >= 0.6 is 0 Å². The van der Waals surface area contributed by atoms with Crippen molar-refractivity contribution in [2.24, 2.45) is 5.92 Å². The van der Waals surface area contributed by atoms with Gasteiger partial charge in [-0.25, -0.2) is 13.1 Å². The third kappa shape index (κ3) is 2.68. The second kappa shape index (κ2) is 4.16. The molecular formula is C9H18N2O2S. The molecule has 0 unspecified atom stereocenters. The first kappa shape index (κ1) is 10.4. The van der Waals surface area contributed by atoms with Crippen LogP contribution in [0.4, 0.5) is 0 Å². The molecule has 1 aliphatic carbocycles. The van der Waals surface area contributed by atoms with Gasteiger partial charge < -0.3 is 5.32 Å². The molecule has 0 aromatic rings. The van der Waals surface area contributed by atoms with Crippen LogP contribution in [0.5, 0.6) is 0 Å². The van der Waals surface area contributed by atoms with Gasteiger partial charge in [-0.05, 0) is 18.8 Å². The number of nitrogens with one attached hydrogen (secondary N) is 2. The Hall–Kier alpha value is -0.130. The minimum atomic E-state index is -3.02. The maximum atomic E-state index is 11.7. The van der Waals surface area contributed by atoms with Gasteiger partial charge in [-0.15, -0.1) is 0 Å². The van der Waals surface area contributed by atoms with Crippen LogP contribution in [-0.4, -0.2) is 33.3 Å². The molecule has 0 amide bonds. The van der Waals surface area contributed by atoms with Crippen LogP contribution < -0.4 is 10.0 Å². The Kier molecular flexibility index (Phi) is 3.09. The van der Waals surface area contributed by atoms with Crippen molar-refractivity contribution in [3.63, 3.8) is 0 Å². The van der Waals surface area contributed by atoms with Crippen molar-refractivity contribution in [3.05, 3.63) is 0 Å². The highest BCUT2D eigenvalue weighted by molar-refractivity contribution is 7.89. The SMILES string of the molecule is O=S(=O)(CC1CCCC1)NC1CNC1. The Balaban J connectivity index is 1.81. The fourth-order valence-electron chi connectivity index (χ4n) is 2.16. The van der Waals surface area contributed by atoms with E-state index in [2.05, 4.69) is 10.0 Å². The minimum Gasteiger partial charge on any atom is -0.313 e. The molecular weight excluding hydrogens is 200 g/mol. The highest BCUT2D eigenvalue weighted by atomic mass is 32.2. The Morgan fingerprint density at radius 2 is 1.86 bits per heavy atom. The normalized spacial score (nSPS) is 25.1. The van der Waals surface area contributed by atoms with Gasteiger partial charge >= 0.3 is 0 Å². The van der Waals surface area contributed by atoms with Crippen molar-refractivity contribution in [1.82, 2.24) is 10.0 Å². The van der Waals surface area contributed by atoms with E-state index in [0.29, 0.717) is 11.7 Å². The molecule has 1 saturated heterocycles. The number of sulfonamides is 1. The van der Waals surface area contributed by atoms with Gasteiger partial charge in [0.1, 0.15) is 0 Å². The molecule has 1 saturated carbocycles. The summed E-state index contributed by atoms with van der Waals surface area (Å²) in [5, 5.41) is 3.05. The molecule has 0 aromatic carbocycles. The van der Waals surface area contributed by atoms with Gasteiger partial charge in [0.15, 0.2) is 0 Å². The van der Waals surface area contributed by atoms with Crippen LogP contribution in [0.15, 0.2) is 0 Å². The highest BCUT2D eigenvalue weighted by Gasteiger charge is 2.26. The summed E-state index contributed by atoms with van der Waals surface area (Å²) in [5.41, 5.74) is 0. The van der Waals surface area contributed by atoms with Crippen molar-refractivity contribution in [2.75, 3.05) is 18.8 Å². The summed E-state index contributed by atoms with van der Waals surface area (Å²) in [6, 6.07) is 0.140. The largest absolute Gasteiger partial charge is 0.313 e. The van der Waals surface area contributed by atoms with Gasteiger partial charge in [0.25, 0.3) is 0 Å². The fourth-order valence-corrected chi connectivity index (χ4v) is 3.89. The molecule has 2 N–H and O–H groups in total. The predicted molar refractivity (Wildman–Crippen MR) is 55.5 cm³/mol. The Morgan fingerprint density at radius 1 is 1.21 bits per heavy atom. The topological polar surface area (TPSA) is 58.2 Å². The van der Waals surface area contributed by atoms with Crippen LogP contribution in [0.1, 0.15) is 25.7 Å². The average molecular weight is 218 g/mol. The first-order valence-electron chi connectivity index (χ1n) is 5.36. The maximum Gasteiger partial charge on any atom is 0.212 e. The molecule has 0 aromatic heterocycles. The molecule has 2 rings (SSSR count). The van der Waals surface area contributed by atoms with E-state index in [1.807, 2.05) is 0 Å². The smallest absolute Gasteiger partial charge is 0.212 e. The van der Waals surface area contributed by atoms with Crippen molar-refractivity contribution >= 4 is 10.0 Å². The molecule has 0 bridgehead atoms. The Labute approximate surface area is 85.5 Å². The zero-order valence-electron chi connectivity index (χ0n) is 8.33. The average Bonchev–Trinajstić information content (AvgIpc) is 2.49. The third-order valence-corrected chi connectivity index (χ3v) is 4.66. The molecule has 0 spiro atoms. The van der Waals surface area contributed by atoms with Crippen LogP contribution in [0, 0.1) is 5.92 Å². The number of hydrogen-bond donors (Lipinski definition) is 2. The minimum absolute atomic E-state index is 0.140. The van der Waals surface area contributed by atoms with E-state index < -0.39 is 10.0 Å². The molecule has 1 aliphatic heterocycles. The standard InChI is InChI=1S/C9H18N2O2S/c12-14(13,11-9-5-10-6-9)7-8-3-1-2-4-8/h8-11H,1-7H2. The summed E-state index contributed by atoms with van der Waals surface area (Å²) in [5.74, 6) is 0.740. The predicted octanol–water partition coefficient (Wildman–Crippen LogP) is 0.0678. The second-order valence-electron chi connectivity index (χ2n) is 4.40. The van der Waals surface area contributed by atoms with E-state index >= 15 is 0 Å². The van der Waals surface area contributed by atoms with Crippen LogP contribution in [0.25, 0.3) is 0 Å². The molecule has 5 heteroatoms. The monoisotopic (exact) mass is 218 g/mol. The van der Waals surface area contributed by atoms with Gasteiger partial charge in [-0.2, -0.15) is 0 Å². The van der Waals surface area contributed by atoms with Gasteiger partial charge in [0.2, 0.25) is 10.0 Å². The number of hydrogen-bond acceptors (Lipinski definition) is 3. The van der Waals surface area contributed by atoms with Gasteiger partial charge in [-0.3, -0.25) is 0 Å². The molecule has 0 radical (unpaired) electrons. The number of rotatable bonds is 4. The van der Waals surface area contributed by atoms with Gasteiger partial charge in [-0.1, -0.05) is 12.8 Å². The molecule has 0 atom stereocenters. The van der Waals surface area contributed by atoms with Crippen molar-refractivity contribution in [1.29, 1.82) is 0 Å². The summed E-state index contributed by atoms with van der Waals surface area (Å²) < 4.78 is 26.0. The lowest BCUT2D eigenvalue weighted by atomic mass is 10.1. The molecule has 82 valence electrons. The van der Waals surface area contributed by atoms with Gasteiger partial charge in [0.05, 0.1) is 5.75 Å². The molecule has 2 aliphatic rings. The first-order chi connectivity index (χ1) is 6.66. The van der Waals surface area contributed by atoms with E-state index in [1.54, 1.807) is 0 Å². The first-order valence-corrected chi connectivity index (χ1v) is 7.02. The van der Waals surface area contributed by atoms with Crippen molar-refractivity contribution < 1.29 is 8.42 Å². The Morgan fingerprint density at radius 3 is 2.36 bits per heavy atom. The molecule has 2 fully saturated rings. The van der Waals surface area contributed by atoms with Crippen molar-refractivity contribution in [2.45, 2.75) is 31.7 Å². The molecule has 14 heavy (non-hydrogen) atoms. The summed E-state index contributed by atoms with van der Waals surface area (Å²) in [6.07, 6.45) is 4.57. The van der Waals surface area contributed by atoms with Gasteiger partial charge in [0, 0.05) is 19.1 Å². The Bertz CT molecular complexity index is 279. The zero-order chi connectivity index (χ0) is 10.0. The summed E-state index contributed by atoms with van der Waals surface area (Å²) >= 11 is 0. The van der Waals surface area contributed by atoms with E-state index in [0.717, 1.165) is 25.9 Å². The van der Waals surface area contributed by atoms with Crippen LogP contribution in [0.2, 0.25) is 0 Å². The lowest BCUT2D eigenvalue weighted by Crippen LogP contribution is -2.57. The fraction of sp³-hybridized carbons (Fsp3) is 1.00. The summed E-state index contributed by atoms with van der Waals surface area (Å²) in [7, 11) is -3.02. The zero-order valence-corrected chi connectivity index (χ0v) is 9.15. The molecule has 4 nitrogen and oxygen atoms in total. The van der Waals surface area contributed by atoms with Crippen molar-refractivity contribution in [3.8, 4) is 0 Å². The van der Waals surface area contributed by atoms with E-state index in [-0.39, 0.29) is 6.04 Å². The maximum absolute atomic E-state index is 11.7. The third-order valence-electron chi connectivity index (χ3n) is 3.06. The molecule has 1 heterocycles. The highest BCUT2D eigenvalue weighted by Crippen LogP contribution is 2.25. The van der Waals surface area contributed by atoms with Crippen LogP contribution in [-0.2, 0) is 10.0 Å². The quantitative estimate of drug-likeness (QED) is 0.702. The van der Waals surface area contributed by atoms with E-state index in [4.69, 9.17) is 0 Å². The van der Waals surface area contributed by atoms with E-state index in [9.17, 15) is 8.42 Å². The van der Waals surface area contributed by atoms with Crippen LogP contribution in [0.3, 0.4) is 0 Å². The second-order valence-corrected chi connectivity index (χ2v) is 6.20. The lowest BCUT2D eigenvalue weighted by Gasteiger charge is -2.28. The van der Waals surface area contributed by atoms with E-state index in [1.165, 1.54) is 12.8 Å². The summed E-state index contributed by atoms with van der Waals surface area (Å²) in [6.45, 7) is 1.56. The lowest BCUT2D eigenvalue weighted by molar-refractivity contribution is 0.408.